The van der Waals surface area contributed by atoms with Crippen molar-refractivity contribution in [3.63, 3.8) is 0 Å². The molecule has 2 heteroatoms. The SMILES string of the molecule is COc1ccccc1CC#CO. The fourth-order valence-electron chi connectivity index (χ4n) is 0.984. The van der Waals surface area contributed by atoms with E-state index in [1.807, 2.05) is 30.4 Å². The van der Waals surface area contributed by atoms with Gasteiger partial charge in [0.1, 0.15) is 11.9 Å². The van der Waals surface area contributed by atoms with Gasteiger partial charge in [0.2, 0.25) is 0 Å². The summed E-state index contributed by atoms with van der Waals surface area (Å²) in [6.07, 6.45) is 2.38. The van der Waals surface area contributed by atoms with E-state index in [1.54, 1.807) is 7.11 Å². The molecule has 0 atom stereocenters. The Hall–Kier alpha value is -1.62. The number of aliphatic hydroxyl groups is 1. The molecular formula is C10H10O2. The topological polar surface area (TPSA) is 29.5 Å². The third-order valence-electron chi connectivity index (χ3n) is 1.55. The quantitative estimate of drug-likeness (QED) is 0.669. The van der Waals surface area contributed by atoms with Crippen LogP contribution in [0.3, 0.4) is 0 Å². The zero-order valence-electron chi connectivity index (χ0n) is 6.87. The largest absolute Gasteiger partial charge is 0.496 e. The minimum atomic E-state index is 0.514. The van der Waals surface area contributed by atoms with Crippen LogP contribution in [0.25, 0.3) is 0 Å². The first-order valence-electron chi connectivity index (χ1n) is 3.62. The highest BCUT2D eigenvalue weighted by molar-refractivity contribution is 5.35. The van der Waals surface area contributed by atoms with Crippen molar-refractivity contribution in [3.8, 4) is 17.8 Å². The molecule has 0 aliphatic heterocycles. The van der Waals surface area contributed by atoms with Crippen LogP contribution in [0.15, 0.2) is 24.3 Å². The second-order valence-corrected chi connectivity index (χ2v) is 2.28. The van der Waals surface area contributed by atoms with Gasteiger partial charge in [-0.3, -0.25) is 0 Å². The van der Waals surface area contributed by atoms with Crippen LogP contribution in [0.5, 0.6) is 5.75 Å². The molecule has 62 valence electrons. The maximum atomic E-state index is 8.29. The Balaban J connectivity index is 2.86. The van der Waals surface area contributed by atoms with E-state index in [4.69, 9.17) is 9.84 Å². The summed E-state index contributed by atoms with van der Waals surface area (Å²) < 4.78 is 5.09. The lowest BCUT2D eigenvalue weighted by Gasteiger charge is -2.03. The predicted molar refractivity (Wildman–Crippen MR) is 46.4 cm³/mol. The predicted octanol–water partition coefficient (Wildman–Crippen LogP) is 1.57. The first-order chi connectivity index (χ1) is 5.88. The summed E-state index contributed by atoms with van der Waals surface area (Å²) in [5.74, 6) is 3.37. The maximum absolute atomic E-state index is 8.29. The molecule has 0 aliphatic carbocycles. The van der Waals surface area contributed by atoms with E-state index in [1.165, 1.54) is 0 Å². The Morgan fingerprint density at radius 1 is 1.42 bits per heavy atom. The van der Waals surface area contributed by atoms with E-state index >= 15 is 0 Å². The van der Waals surface area contributed by atoms with Gasteiger partial charge in [-0.2, -0.15) is 0 Å². The van der Waals surface area contributed by atoms with Gasteiger partial charge in [0.25, 0.3) is 0 Å². The molecule has 0 amide bonds. The first-order valence-corrected chi connectivity index (χ1v) is 3.62. The standard InChI is InChI=1S/C10H10O2/c1-12-10-7-3-2-5-9(10)6-4-8-11/h2-3,5,7,11H,6H2,1H3. The average Bonchev–Trinajstić information content (AvgIpc) is 2.15. The molecular weight excluding hydrogens is 152 g/mol. The molecule has 12 heavy (non-hydrogen) atoms. The van der Waals surface area contributed by atoms with Gasteiger partial charge in [0.15, 0.2) is 0 Å². The lowest BCUT2D eigenvalue weighted by molar-refractivity contribution is 0.411. The summed E-state index contributed by atoms with van der Waals surface area (Å²) in [7, 11) is 1.62. The molecule has 0 heterocycles. The fourth-order valence-corrected chi connectivity index (χ4v) is 0.984. The number of para-hydroxylation sites is 1. The Kier molecular flexibility index (Phi) is 3.04. The monoisotopic (exact) mass is 162 g/mol. The molecule has 1 aromatic carbocycles. The Bertz CT molecular complexity index is 307. The van der Waals surface area contributed by atoms with Gasteiger partial charge in [-0.05, 0) is 6.07 Å². The van der Waals surface area contributed by atoms with Gasteiger partial charge in [-0.15, -0.1) is 0 Å². The van der Waals surface area contributed by atoms with Gasteiger partial charge in [0.05, 0.1) is 7.11 Å². The van der Waals surface area contributed by atoms with Gasteiger partial charge < -0.3 is 9.84 Å². The van der Waals surface area contributed by atoms with Crippen LogP contribution in [0.1, 0.15) is 5.56 Å². The van der Waals surface area contributed by atoms with Gasteiger partial charge in [0, 0.05) is 12.0 Å². The molecule has 0 spiro atoms. The highest BCUT2D eigenvalue weighted by Gasteiger charge is 1.97. The number of rotatable bonds is 2. The van der Waals surface area contributed by atoms with Crippen LogP contribution >= 0.6 is 0 Å². The molecule has 1 rings (SSSR count). The zero-order valence-corrected chi connectivity index (χ0v) is 6.87. The number of hydrogen-bond donors (Lipinski definition) is 1. The van der Waals surface area contributed by atoms with E-state index in [0.717, 1.165) is 11.3 Å². The number of benzene rings is 1. The number of methoxy groups -OCH3 is 1. The van der Waals surface area contributed by atoms with Crippen molar-refractivity contribution in [3.05, 3.63) is 29.8 Å². The third kappa shape index (κ3) is 1.93. The summed E-state index contributed by atoms with van der Waals surface area (Å²) in [5, 5.41) is 8.29. The van der Waals surface area contributed by atoms with Crippen LogP contribution in [0.2, 0.25) is 0 Å². The highest BCUT2D eigenvalue weighted by atomic mass is 16.5. The van der Waals surface area contributed by atoms with Crippen molar-refractivity contribution < 1.29 is 9.84 Å². The average molecular weight is 162 g/mol. The number of hydrogen-bond acceptors (Lipinski definition) is 2. The second-order valence-electron chi connectivity index (χ2n) is 2.28. The van der Waals surface area contributed by atoms with Crippen molar-refractivity contribution in [2.45, 2.75) is 6.42 Å². The van der Waals surface area contributed by atoms with Gasteiger partial charge in [-0.1, -0.05) is 24.1 Å². The highest BCUT2D eigenvalue weighted by Crippen LogP contribution is 2.16. The molecule has 0 unspecified atom stereocenters. The van der Waals surface area contributed by atoms with Crippen LogP contribution in [-0.4, -0.2) is 12.2 Å². The number of ether oxygens (including phenoxy) is 1. The van der Waals surface area contributed by atoms with Crippen molar-refractivity contribution in [2.24, 2.45) is 0 Å². The maximum Gasteiger partial charge on any atom is 0.123 e. The third-order valence-corrected chi connectivity index (χ3v) is 1.55. The lowest BCUT2D eigenvalue weighted by atomic mass is 10.1. The molecule has 1 aromatic rings. The van der Waals surface area contributed by atoms with Crippen molar-refractivity contribution >= 4 is 0 Å². The minimum Gasteiger partial charge on any atom is -0.496 e. The fraction of sp³-hybridized carbons (Fsp3) is 0.200. The van der Waals surface area contributed by atoms with Crippen LogP contribution in [0, 0.1) is 12.0 Å². The second kappa shape index (κ2) is 4.30. The van der Waals surface area contributed by atoms with Gasteiger partial charge >= 0.3 is 0 Å². The Morgan fingerprint density at radius 3 is 2.83 bits per heavy atom. The summed E-state index contributed by atoms with van der Waals surface area (Å²) in [6, 6.07) is 7.60. The van der Waals surface area contributed by atoms with Crippen LogP contribution in [-0.2, 0) is 6.42 Å². The molecule has 2 nitrogen and oxygen atoms in total. The van der Waals surface area contributed by atoms with E-state index in [0.29, 0.717) is 6.42 Å². The molecule has 0 saturated carbocycles. The van der Waals surface area contributed by atoms with Crippen molar-refractivity contribution in [2.75, 3.05) is 7.11 Å². The molecule has 0 radical (unpaired) electrons. The Labute approximate surface area is 71.8 Å². The molecule has 0 saturated heterocycles. The minimum absolute atomic E-state index is 0.514. The Morgan fingerprint density at radius 2 is 2.17 bits per heavy atom. The molecule has 0 fully saturated rings. The molecule has 0 aliphatic rings. The summed E-state index contributed by atoms with van der Waals surface area (Å²) in [4.78, 5) is 0. The zero-order chi connectivity index (χ0) is 8.81. The molecule has 0 bridgehead atoms. The van der Waals surface area contributed by atoms with E-state index in [9.17, 15) is 0 Å². The molecule has 1 N–H and O–H groups in total. The molecule has 0 aromatic heterocycles. The number of aliphatic hydroxyl groups excluding tert-OH is 1. The summed E-state index contributed by atoms with van der Waals surface area (Å²) in [5.41, 5.74) is 0.988. The lowest BCUT2D eigenvalue weighted by Crippen LogP contribution is -1.89. The van der Waals surface area contributed by atoms with Crippen LogP contribution < -0.4 is 4.74 Å². The van der Waals surface area contributed by atoms with Crippen LogP contribution in [0.4, 0.5) is 0 Å². The smallest absolute Gasteiger partial charge is 0.123 e. The van der Waals surface area contributed by atoms with E-state index < -0.39 is 0 Å². The van der Waals surface area contributed by atoms with Crippen molar-refractivity contribution in [1.82, 2.24) is 0 Å². The van der Waals surface area contributed by atoms with Gasteiger partial charge in [-0.25, -0.2) is 0 Å². The summed E-state index contributed by atoms with van der Waals surface area (Å²) >= 11 is 0. The summed E-state index contributed by atoms with van der Waals surface area (Å²) in [6.45, 7) is 0. The van der Waals surface area contributed by atoms with E-state index in [2.05, 4.69) is 5.92 Å². The normalized spacial score (nSPS) is 8.42. The van der Waals surface area contributed by atoms with E-state index in [-0.39, 0.29) is 0 Å². The first kappa shape index (κ1) is 8.48. The van der Waals surface area contributed by atoms with Crippen molar-refractivity contribution in [1.29, 1.82) is 0 Å².